The molecule has 0 saturated heterocycles. The summed E-state index contributed by atoms with van der Waals surface area (Å²) in [6.07, 6.45) is 2.37. The second-order valence-corrected chi connectivity index (χ2v) is 7.46. The molecule has 32 heavy (non-hydrogen) atoms. The van der Waals surface area contributed by atoms with Crippen molar-refractivity contribution in [2.45, 2.75) is 13.3 Å². The minimum Gasteiger partial charge on any atom is -0.490 e. The average Bonchev–Trinajstić information content (AvgIpc) is 3.17. The first-order valence-corrected chi connectivity index (χ1v) is 10.7. The molecule has 0 amide bonds. The van der Waals surface area contributed by atoms with Crippen LogP contribution in [-0.4, -0.2) is 25.1 Å². The van der Waals surface area contributed by atoms with Gasteiger partial charge in [0.05, 0.1) is 18.2 Å². The first-order chi connectivity index (χ1) is 15.6. The molecule has 0 bridgehead atoms. The summed E-state index contributed by atoms with van der Waals surface area (Å²) in [7, 11) is 0. The number of ether oxygens (including phenoxy) is 3. The summed E-state index contributed by atoms with van der Waals surface area (Å²) in [6, 6.07) is 22.8. The quantitative estimate of drug-likeness (QED) is 0.328. The lowest BCUT2D eigenvalue weighted by molar-refractivity contribution is -0.129. The zero-order valence-electron chi connectivity index (χ0n) is 17.6. The monoisotopic (exact) mass is 447 g/mol. The maximum atomic E-state index is 12.3. The van der Waals surface area contributed by atoms with E-state index in [4.69, 9.17) is 25.8 Å². The third-order valence-electron chi connectivity index (χ3n) is 4.76. The highest BCUT2D eigenvalue weighted by atomic mass is 35.5. The molecule has 0 aromatic heterocycles. The maximum absolute atomic E-state index is 12.3. The van der Waals surface area contributed by atoms with E-state index in [0.29, 0.717) is 35.3 Å². The van der Waals surface area contributed by atoms with E-state index in [1.807, 2.05) is 55.5 Å². The summed E-state index contributed by atoms with van der Waals surface area (Å²) in [5.41, 5.74) is 2.77. The predicted octanol–water partition coefficient (Wildman–Crippen LogP) is 5.70. The van der Waals surface area contributed by atoms with Crippen LogP contribution in [0.1, 0.15) is 23.6 Å². The van der Waals surface area contributed by atoms with Crippen molar-refractivity contribution < 1.29 is 19.0 Å². The van der Waals surface area contributed by atoms with Gasteiger partial charge in [0.2, 0.25) is 5.90 Å². The highest BCUT2D eigenvalue weighted by Crippen LogP contribution is 2.37. The topological polar surface area (TPSA) is 57.1 Å². The molecule has 3 aromatic carbocycles. The molecule has 0 saturated carbocycles. The van der Waals surface area contributed by atoms with Crippen LogP contribution in [0.5, 0.6) is 11.5 Å². The van der Waals surface area contributed by atoms with Gasteiger partial charge in [0, 0.05) is 12.0 Å². The molecule has 0 aliphatic carbocycles. The van der Waals surface area contributed by atoms with Crippen LogP contribution in [0.4, 0.5) is 0 Å². The summed E-state index contributed by atoms with van der Waals surface area (Å²) in [4.78, 5) is 16.6. The Bertz CT molecular complexity index is 1160. The lowest BCUT2D eigenvalue weighted by atomic mass is 10.1. The fraction of sp³-hybridized carbons (Fsp3) is 0.154. The van der Waals surface area contributed by atoms with Crippen molar-refractivity contribution in [2.75, 3.05) is 13.2 Å². The number of hydrogen-bond acceptors (Lipinski definition) is 5. The molecule has 4 rings (SSSR count). The van der Waals surface area contributed by atoms with E-state index in [1.54, 1.807) is 18.2 Å². The van der Waals surface area contributed by atoms with Gasteiger partial charge in [0.1, 0.15) is 0 Å². The fourth-order valence-corrected chi connectivity index (χ4v) is 3.53. The Kier molecular flexibility index (Phi) is 6.87. The van der Waals surface area contributed by atoms with E-state index in [-0.39, 0.29) is 11.6 Å². The van der Waals surface area contributed by atoms with Crippen LogP contribution in [0.15, 0.2) is 83.5 Å². The lowest BCUT2D eigenvalue weighted by Crippen LogP contribution is -2.05. The molecule has 1 aliphatic rings. The van der Waals surface area contributed by atoms with Gasteiger partial charge in [-0.1, -0.05) is 60.1 Å². The third kappa shape index (κ3) is 5.18. The number of aliphatic imine (C=N–C) groups is 1. The molecule has 0 radical (unpaired) electrons. The summed E-state index contributed by atoms with van der Waals surface area (Å²) < 4.78 is 17.0. The highest BCUT2D eigenvalue weighted by Gasteiger charge is 2.24. The molecule has 0 spiro atoms. The molecule has 1 heterocycles. The second-order valence-electron chi connectivity index (χ2n) is 7.05. The van der Waals surface area contributed by atoms with Crippen molar-refractivity contribution in [1.29, 1.82) is 0 Å². The molecule has 0 atom stereocenters. The average molecular weight is 448 g/mol. The number of carbonyl (C=O) groups excluding carboxylic acids is 1. The van der Waals surface area contributed by atoms with Crippen LogP contribution in [0.25, 0.3) is 6.08 Å². The number of halogens is 1. The number of benzene rings is 3. The largest absolute Gasteiger partial charge is 0.490 e. The molecule has 5 nitrogen and oxygen atoms in total. The molecular weight excluding hydrogens is 426 g/mol. The van der Waals surface area contributed by atoms with Crippen molar-refractivity contribution in [2.24, 2.45) is 4.99 Å². The number of esters is 1. The number of rotatable bonds is 8. The maximum Gasteiger partial charge on any atom is 0.363 e. The van der Waals surface area contributed by atoms with Crippen molar-refractivity contribution in [1.82, 2.24) is 0 Å². The van der Waals surface area contributed by atoms with Gasteiger partial charge in [0.25, 0.3) is 0 Å². The van der Waals surface area contributed by atoms with Crippen LogP contribution in [0.3, 0.4) is 0 Å². The Morgan fingerprint density at radius 3 is 2.44 bits per heavy atom. The van der Waals surface area contributed by atoms with Gasteiger partial charge < -0.3 is 14.2 Å². The van der Waals surface area contributed by atoms with E-state index < -0.39 is 5.97 Å². The Labute approximate surface area is 191 Å². The van der Waals surface area contributed by atoms with Crippen molar-refractivity contribution in [3.05, 3.63) is 100 Å². The number of hydrogen-bond donors (Lipinski definition) is 0. The van der Waals surface area contributed by atoms with Gasteiger partial charge in [-0.25, -0.2) is 9.79 Å². The molecule has 3 aromatic rings. The Hall–Kier alpha value is -3.57. The fourth-order valence-electron chi connectivity index (χ4n) is 3.26. The van der Waals surface area contributed by atoms with Gasteiger partial charge in [-0.2, -0.15) is 0 Å². The number of carbonyl (C=O) groups is 1. The first-order valence-electron chi connectivity index (χ1n) is 10.3. The zero-order chi connectivity index (χ0) is 22.3. The number of nitrogens with zero attached hydrogens (tertiary/aromatic N) is 1. The van der Waals surface area contributed by atoms with Crippen LogP contribution >= 0.6 is 11.6 Å². The van der Waals surface area contributed by atoms with E-state index in [1.165, 1.54) is 5.56 Å². The van der Waals surface area contributed by atoms with Gasteiger partial charge in [0.15, 0.2) is 17.2 Å². The third-order valence-corrected chi connectivity index (χ3v) is 5.04. The van der Waals surface area contributed by atoms with Crippen LogP contribution < -0.4 is 9.47 Å². The van der Waals surface area contributed by atoms with Gasteiger partial charge in [-0.15, -0.1) is 0 Å². The minimum atomic E-state index is -0.513. The van der Waals surface area contributed by atoms with E-state index in [9.17, 15) is 4.79 Å². The van der Waals surface area contributed by atoms with E-state index in [0.717, 1.165) is 12.0 Å². The molecule has 6 heteroatoms. The smallest absolute Gasteiger partial charge is 0.363 e. The standard InChI is InChI=1S/C26H22ClNO4/c1-2-30-23-17-19(15-21(27)24(23)31-14-13-18-9-5-3-6-10-18)16-22-26(29)32-25(28-22)20-11-7-4-8-12-20/h3-12,15-17H,2,13-14H2,1H3/b22-16-. The minimum absolute atomic E-state index is 0.195. The normalized spacial score (nSPS) is 14.2. The Balaban J connectivity index is 1.56. The van der Waals surface area contributed by atoms with Crippen molar-refractivity contribution in [3.63, 3.8) is 0 Å². The van der Waals surface area contributed by atoms with Crippen LogP contribution in [-0.2, 0) is 16.0 Å². The summed E-state index contributed by atoms with van der Waals surface area (Å²) in [6.45, 7) is 2.79. The van der Waals surface area contributed by atoms with Crippen molar-refractivity contribution in [3.8, 4) is 11.5 Å². The SMILES string of the molecule is CCOc1cc(/C=C2\N=C(c3ccccc3)OC2=O)cc(Cl)c1OCCc1ccccc1. The zero-order valence-corrected chi connectivity index (χ0v) is 18.3. The van der Waals surface area contributed by atoms with Crippen LogP contribution in [0.2, 0.25) is 5.02 Å². The summed E-state index contributed by atoms with van der Waals surface area (Å²) in [5, 5.41) is 0.398. The molecular formula is C26H22ClNO4. The van der Waals surface area contributed by atoms with E-state index >= 15 is 0 Å². The number of cyclic esters (lactones) is 1. The highest BCUT2D eigenvalue weighted by molar-refractivity contribution is 6.32. The molecule has 162 valence electrons. The lowest BCUT2D eigenvalue weighted by Gasteiger charge is -2.14. The Morgan fingerprint density at radius 2 is 1.72 bits per heavy atom. The summed E-state index contributed by atoms with van der Waals surface area (Å²) >= 11 is 6.51. The second kappa shape index (κ2) is 10.2. The summed E-state index contributed by atoms with van der Waals surface area (Å²) in [5.74, 6) is 0.757. The molecule has 1 aliphatic heterocycles. The Morgan fingerprint density at radius 1 is 1.00 bits per heavy atom. The first kappa shape index (κ1) is 21.7. The van der Waals surface area contributed by atoms with Gasteiger partial charge >= 0.3 is 5.97 Å². The van der Waals surface area contributed by atoms with Gasteiger partial charge in [-0.3, -0.25) is 0 Å². The van der Waals surface area contributed by atoms with Gasteiger partial charge in [-0.05, 0) is 48.4 Å². The molecule has 0 N–H and O–H groups in total. The molecule has 0 fully saturated rings. The van der Waals surface area contributed by atoms with Crippen molar-refractivity contribution >= 4 is 29.5 Å². The predicted molar refractivity (Wildman–Crippen MR) is 125 cm³/mol. The molecule has 0 unspecified atom stereocenters. The van der Waals surface area contributed by atoms with Crippen LogP contribution in [0, 0.1) is 0 Å². The van der Waals surface area contributed by atoms with E-state index in [2.05, 4.69) is 17.1 Å².